The van der Waals surface area contributed by atoms with E-state index >= 15 is 0 Å². The quantitative estimate of drug-likeness (QED) is 0.637. The number of anilines is 1. The number of amides is 2. The Morgan fingerprint density at radius 3 is 2.43 bits per heavy atom. The Balaban J connectivity index is 0.000000176. The van der Waals surface area contributed by atoms with Crippen molar-refractivity contribution in [3.05, 3.63) is 77.0 Å². The van der Waals surface area contributed by atoms with Crippen molar-refractivity contribution in [3.63, 3.8) is 0 Å². The van der Waals surface area contributed by atoms with Crippen LogP contribution in [0.4, 0.5) is 10.6 Å². The second kappa shape index (κ2) is 8.71. The number of aryl methyl sites for hydroxylation is 2. The molecule has 1 heterocycles. The molecule has 1 aliphatic carbocycles. The van der Waals surface area contributed by atoms with E-state index in [2.05, 4.69) is 28.6 Å². The average molecular weight is 378 g/mol. The van der Waals surface area contributed by atoms with Gasteiger partial charge in [-0.25, -0.2) is 9.48 Å². The number of urea groups is 1. The van der Waals surface area contributed by atoms with E-state index in [1.54, 1.807) is 4.68 Å². The third-order valence-electron chi connectivity index (χ3n) is 4.92. The van der Waals surface area contributed by atoms with Gasteiger partial charge in [0.25, 0.3) is 0 Å². The van der Waals surface area contributed by atoms with Crippen LogP contribution in [0.15, 0.2) is 54.6 Å². The lowest BCUT2D eigenvalue weighted by molar-refractivity contribution is 0.158. The third kappa shape index (κ3) is 4.58. The summed E-state index contributed by atoms with van der Waals surface area (Å²) in [5, 5.41) is 16.3. The van der Waals surface area contributed by atoms with Crippen LogP contribution in [0.1, 0.15) is 28.8 Å². The van der Waals surface area contributed by atoms with Gasteiger partial charge in [-0.05, 0) is 56.4 Å². The Kier molecular flexibility index (Phi) is 6.11. The molecule has 0 saturated heterocycles. The summed E-state index contributed by atoms with van der Waals surface area (Å²) in [5.74, 6) is 0.612. The van der Waals surface area contributed by atoms with Crippen molar-refractivity contribution in [2.24, 2.45) is 5.73 Å². The summed E-state index contributed by atoms with van der Waals surface area (Å²) in [6.45, 7) is 3.79. The minimum atomic E-state index is -0.592. The maximum absolute atomic E-state index is 11.0. The molecule has 1 aliphatic rings. The van der Waals surface area contributed by atoms with E-state index in [9.17, 15) is 9.90 Å². The molecule has 1 aromatic heterocycles. The van der Waals surface area contributed by atoms with Gasteiger partial charge in [0.15, 0.2) is 0 Å². The number of benzene rings is 2. The number of aromatic nitrogens is 2. The van der Waals surface area contributed by atoms with E-state index in [1.807, 2.05) is 50.2 Å². The fourth-order valence-corrected chi connectivity index (χ4v) is 3.30. The van der Waals surface area contributed by atoms with Gasteiger partial charge in [-0.1, -0.05) is 42.5 Å². The van der Waals surface area contributed by atoms with Crippen molar-refractivity contribution in [2.75, 3.05) is 5.32 Å². The fraction of sp³-hybridized carbons (Fsp3) is 0.273. The maximum atomic E-state index is 11.0. The van der Waals surface area contributed by atoms with Crippen LogP contribution in [0, 0.1) is 13.8 Å². The van der Waals surface area contributed by atoms with Gasteiger partial charge in [-0.15, -0.1) is 0 Å². The average Bonchev–Trinajstić information content (AvgIpc) is 2.97. The number of fused-ring (bicyclic) bond motifs is 1. The van der Waals surface area contributed by atoms with E-state index in [0.717, 1.165) is 36.2 Å². The number of rotatable bonds is 2. The Hall–Kier alpha value is -3.12. The zero-order valence-electron chi connectivity index (χ0n) is 16.2. The number of primary amides is 1. The molecule has 0 radical (unpaired) electrons. The Bertz CT molecular complexity index is 950. The molecule has 0 bridgehead atoms. The van der Waals surface area contributed by atoms with Crippen molar-refractivity contribution < 1.29 is 9.90 Å². The summed E-state index contributed by atoms with van der Waals surface area (Å²) in [6.07, 6.45) is 2.70. The molecule has 146 valence electrons. The van der Waals surface area contributed by atoms with E-state index < -0.39 is 6.03 Å². The molecular weight excluding hydrogens is 352 g/mol. The molecule has 3 aromatic rings. The molecule has 0 fully saturated rings. The standard InChI is InChI=1S/C12H14N4O.C10H12O/c1-8-9(2)15-16(11(8)14-12(13)17)10-6-4-3-5-7-10;11-10-6-5-8-3-1-2-4-9(8)7-10/h3-7H,1-2H3,(H3,13,14,17);1-4,10-11H,5-7H2. The monoisotopic (exact) mass is 378 g/mol. The number of nitrogens with two attached hydrogens (primary N) is 1. The highest BCUT2D eigenvalue weighted by Gasteiger charge is 2.15. The number of aliphatic hydroxyl groups excluding tert-OH is 1. The Morgan fingerprint density at radius 2 is 1.75 bits per heavy atom. The molecule has 1 unspecified atom stereocenters. The second-order valence-electron chi connectivity index (χ2n) is 6.96. The van der Waals surface area contributed by atoms with Crippen molar-refractivity contribution in [1.29, 1.82) is 0 Å². The van der Waals surface area contributed by atoms with Gasteiger partial charge in [0.1, 0.15) is 5.82 Å². The number of aliphatic hydroxyl groups is 1. The van der Waals surface area contributed by atoms with Crippen LogP contribution in [0.3, 0.4) is 0 Å². The van der Waals surface area contributed by atoms with Gasteiger partial charge >= 0.3 is 6.03 Å². The van der Waals surface area contributed by atoms with Gasteiger partial charge in [-0.3, -0.25) is 5.32 Å². The van der Waals surface area contributed by atoms with Crippen LogP contribution in [0.25, 0.3) is 5.69 Å². The topological polar surface area (TPSA) is 93.2 Å². The third-order valence-corrected chi connectivity index (χ3v) is 4.92. The zero-order chi connectivity index (χ0) is 20.1. The molecule has 2 amide bonds. The van der Waals surface area contributed by atoms with E-state index in [1.165, 1.54) is 11.1 Å². The molecule has 0 spiro atoms. The normalized spacial score (nSPS) is 15.2. The summed E-state index contributed by atoms with van der Waals surface area (Å²) in [4.78, 5) is 11.0. The molecule has 28 heavy (non-hydrogen) atoms. The lowest BCUT2D eigenvalue weighted by atomic mass is 9.90. The summed E-state index contributed by atoms with van der Waals surface area (Å²) in [6, 6.07) is 17.4. The summed E-state index contributed by atoms with van der Waals surface area (Å²) >= 11 is 0. The first-order chi connectivity index (χ1) is 13.5. The smallest absolute Gasteiger partial charge is 0.317 e. The van der Waals surface area contributed by atoms with E-state index in [0.29, 0.717) is 5.82 Å². The Morgan fingerprint density at radius 1 is 1.11 bits per heavy atom. The van der Waals surface area contributed by atoms with Gasteiger partial charge in [0.2, 0.25) is 0 Å². The molecule has 4 N–H and O–H groups in total. The first kappa shape index (κ1) is 19.6. The first-order valence-electron chi connectivity index (χ1n) is 9.38. The van der Waals surface area contributed by atoms with Crippen LogP contribution >= 0.6 is 0 Å². The summed E-state index contributed by atoms with van der Waals surface area (Å²) in [7, 11) is 0. The first-order valence-corrected chi connectivity index (χ1v) is 9.38. The predicted octanol–water partition coefficient (Wildman–Crippen LogP) is 3.52. The predicted molar refractivity (Wildman–Crippen MR) is 111 cm³/mol. The van der Waals surface area contributed by atoms with Crippen molar-refractivity contribution in [1.82, 2.24) is 9.78 Å². The Labute approximate surface area is 165 Å². The number of nitrogens with zero attached hydrogens (tertiary/aromatic N) is 2. The lowest BCUT2D eigenvalue weighted by Gasteiger charge is -2.19. The number of nitrogens with one attached hydrogen (secondary N) is 1. The highest BCUT2D eigenvalue weighted by molar-refractivity contribution is 5.88. The number of para-hydroxylation sites is 1. The molecule has 6 heteroatoms. The minimum Gasteiger partial charge on any atom is -0.393 e. The summed E-state index contributed by atoms with van der Waals surface area (Å²) in [5.41, 5.74) is 10.5. The van der Waals surface area contributed by atoms with Crippen LogP contribution in [0.5, 0.6) is 0 Å². The largest absolute Gasteiger partial charge is 0.393 e. The lowest BCUT2D eigenvalue weighted by Crippen LogP contribution is -2.21. The molecule has 0 saturated carbocycles. The second-order valence-corrected chi connectivity index (χ2v) is 6.96. The number of hydrogen-bond donors (Lipinski definition) is 3. The van der Waals surface area contributed by atoms with Crippen LogP contribution in [-0.4, -0.2) is 27.0 Å². The molecule has 4 rings (SSSR count). The van der Waals surface area contributed by atoms with Crippen LogP contribution in [-0.2, 0) is 12.8 Å². The molecule has 1 atom stereocenters. The SMILES string of the molecule is Cc1nn(-c2ccccc2)c(NC(N)=O)c1C.OC1CCc2ccccc2C1. The molecular formula is C22H26N4O2. The molecule has 2 aromatic carbocycles. The number of carbonyl (C=O) groups excluding carboxylic acids is 1. The van der Waals surface area contributed by atoms with Crippen molar-refractivity contribution in [2.45, 2.75) is 39.2 Å². The van der Waals surface area contributed by atoms with Crippen LogP contribution < -0.4 is 11.1 Å². The van der Waals surface area contributed by atoms with E-state index in [4.69, 9.17) is 5.73 Å². The highest BCUT2D eigenvalue weighted by atomic mass is 16.3. The summed E-state index contributed by atoms with van der Waals surface area (Å²) < 4.78 is 1.68. The zero-order valence-corrected chi connectivity index (χ0v) is 16.2. The number of carbonyl (C=O) groups is 1. The number of hydrogen-bond acceptors (Lipinski definition) is 3. The van der Waals surface area contributed by atoms with Gasteiger partial charge < -0.3 is 10.8 Å². The minimum absolute atomic E-state index is 0.107. The van der Waals surface area contributed by atoms with Crippen molar-refractivity contribution >= 4 is 11.8 Å². The van der Waals surface area contributed by atoms with Gasteiger partial charge in [0.05, 0.1) is 17.5 Å². The molecule has 0 aliphatic heterocycles. The maximum Gasteiger partial charge on any atom is 0.317 e. The highest BCUT2D eigenvalue weighted by Crippen LogP contribution is 2.22. The van der Waals surface area contributed by atoms with Crippen LogP contribution in [0.2, 0.25) is 0 Å². The van der Waals surface area contributed by atoms with E-state index in [-0.39, 0.29) is 6.10 Å². The fourth-order valence-electron chi connectivity index (χ4n) is 3.30. The van der Waals surface area contributed by atoms with Crippen molar-refractivity contribution in [3.8, 4) is 5.69 Å². The van der Waals surface area contributed by atoms with Gasteiger partial charge in [-0.2, -0.15) is 5.10 Å². The van der Waals surface area contributed by atoms with Gasteiger partial charge in [0, 0.05) is 5.56 Å². The molecule has 6 nitrogen and oxygen atoms in total.